The third kappa shape index (κ3) is 8.91. The molecule has 6 heteroatoms. The molecule has 214 valence electrons. The molecular formula is C33H49N3O2S. The molecule has 0 spiro atoms. The van der Waals surface area contributed by atoms with Crippen LogP contribution in [0.4, 0.5) is 0 Å². The number of carbonyl (C=O) groups is 2. The quantitative estimate of drug-likeness (QED) is 0.236. The number of benzene rings is 1. The van der Waals surface area contributed by atoms with Crippen LogP contribution in [0.5, 0.6) is 0 Å². The lowest BCUT2D eigenvalue weighted by atomic mass is 9.93. The Kier molecular flexibility index (Phi) is 12.4. The van der Waals surface area contributed by atoms with Crippen molar-refractivity contribution in [1.29, 1.82) is 0 Å². The summed E-state index contributed by atoms with van der Waals surface area (Å²) >= 11 is 1.85. The van der Waals surface area contributed by atoms with E-state index in [0.717, 1.165) is 51.9 Å². The molecule has 2 aliphatic heterocycles. The van der Waals surface area contributed by atoms with Gasteiger partial charge in [-0.15, -0.1) is 11.3 Å². The summed E-state index contributed by atoms with van der Waals surface area (Å²) in [5.41, 5.74) is 2.71. The van der Waals surface area contributed by atoms with Crippen LogP contribution >= 0.6 is 11.3 Å². The Balaban J connectivity index is 1.18. The smallest absolute Gasteiger partial charge is 0.223 e. The van der Waals surface area contributed by atoms with Gasteiger partial charge in [0.1, 0.15) is 0 Å². The Morgan fingerprint density at radius 1 is 0.769 bits per heavy atom. The summed E-state index contributed by atoms with van der Waals surface area (Å²) < 4.78 is 0. The van der Waals surface area contributed by atoms with Gasteiger partial charge in [0.05, 0.1) is 6.04 Å². The van der Waals surface area contributed by atoms with E-state index in [4.69, 9.17) is 0 Å². The molecule has 0 bridgehead atoms. The van der Waals surface area contributed by atoms with E-state index >= 15 is 0 Å². The first kappa shape index (κ1) is 29.8. The summed E-state index contributed by atoms with van der Waals surface area (Å²) in [6.07, 6.45) is 14.6. The van der Waals surface area contributed by atoms with Crippen LogP contribution in [-0.4, -0.2) is 65.8 Å². The van der Waals surface area contributed by atoms with Crippen molar-refractivity contribution in [2.45, 2.75) is 96.4 Å². The first-order valence-electron chi connectivity index (χ1n) is 15.6. The van der Waals surface area contributed by atoms with E-state index < -0.39 is 0 Å². The number of amides is 2. The number of thiophene rings is 1. The van der Waals surface area contributed by atoms with Crippen LogP contribution in [0, 0.1) is 0 Å². The molecule has 5 nitrogen and oxygen atoms in total. The molecule has 4 rings (SSSR count). The molecule has 2 amide bonds. The zero-order chi connectivity index (χ0) is 27.3. The third-order valence-corrected chi connectivity index (χ3v) is 9.49. The number of carbonyl (C=O) groups excluding carboxylic acids is 2. The largest absolute Gasteiger partial charge is 0.341 e. The molecular weight excluding hydrogens is 502 g/mol. The molecule has 1 atom stereocenters. The summed E-state index contributed by atoms with van der Waals surface area (Å²) in [5, 5.41) is 2.20. The maximum atomic E-state index is 13.3. The van der Waals surface area contributed by atoms with E-state index in [9.17, 15) is 9.59 Å². The van der Waals surface area contributed by atoms with Crippen molar-refractivity contribution in [3.05, 3.63) is 57.8 Å². The zero-order valence-electron chi connectivity index (χ0n) is 24.1. The normalized spacial score (nSPS) is 18.1. The zero-order valence-corrected chi connectivity index (χ0v) is 24.9. The summed E-state index contributed by atoms with van der Waals surface area (Å²) in [7, 11) is 0. The molecule has 0 aliphatic carbocycles. The molecule has 0 N–H and O–H groups in total. The standard InChI is InChI=1S/C33H49N3O2S/c1-2-3-4-5-6-7-8-9-13-17-31(37)34-21-14-22-35(26-25-34)32(38)19-24-36-23-18-30-29(20-27-39-30)33(36)28-15-11-10-12-16-28/h10-12,15-16,20,27,33H,2-9,13-14,17-19,21-26H2,1H3/t33-/m1/s1. The Bertz CT molecular complexity index is 1010. The SMILES string of the molecule is CCCCCCCCCCCC(=O)N1CCCN(C(=O)CCN2CCc3sccc3[C@H]2c2ccccc2)CC1. The lowest BCUT2D eigenvalue weighted by Crippen LogP contribution is -2.40. The van der Waals surface area contributed by atoms with Gasteiger partial charge < -0.3 is 9.80 Å². The average molecular weight is 552 g/mol. The minimum absolute atomic E-state index is 0.228. The molecule has 2 aliphatic rings. The maximum absolute atomic E-state index is 13.3. The highest BCUT2D eigenvalue weighted by atomic mass is 32.1. The van der Waals surface area contributed by atoms with E-state index in [0.29, 0.717) is 25.9 Å². The first-order valence-corrected chi connectivity index (χ1v) is 16.5. The fraction of sp³-hybridized carbons (Fsp3) is 0.636. The van der Waals surface area contributed by atoms with Crippen molar-refractivity contribution in [3.8, 4) is 0 Å². The number of nitrogens with zero attached hydrogens (tertiary/aromatic N) is 3. The topological polar surface area (TPSA) is 43.9 Å². The Morgan fingerprint density at radius 2 is 1.41 bits per heavy atom. The van der Waals surface area contributed by atoms with Gasteiger partial charge in [0.2, 0.25) is 11.8 Å². The molecule has 1 aromatic heterocycles. The van der Waals surface area contributed by atoms with Crippen molar-refractivity contribution in [2.75, 3.05) is 39.3 Å². The highest BCUT2D eigenvalue weighted by Gasteiger charge is 2.30. The highest BCUT2D eigenvalue weighted by Crippen LogP contribution is 2.37. The minimum atomic E-state index is 0.228. The Morgan fingerprint density at radius 3 is 2.10 bits per heavy atom. The molecule has 2 aromatic rings. The molecule has 39 heavy (non-hydrogen) atoms. The van der Waals surface area contributed by atoms with Gasteiger partial charge in [-0.2, -0.15) is 0 Å². The van der Waals surface area contributed by atoms with E-state index in [1.165, 1.54) is 60.9 Å². The van der Waals surface area contributed by atoms with Gasteiger partial charge in [0, 0.05) is 57.0 Å². The molecule has 3 heterocycles. The van der Waals surface area contributed by atoms with E-state index in [1.807, 2.05) is 21.1 Å². The monoisotopic (exact) mass is 551 g/mol. The molecule has 1 aromatic carbocycles. The van der Waals surface area contributed by atoms with Crippen molar-refractivity contribution in [2.24, 2.45) is 0 Å². The number of hydrogen-bond donors (Lipinski definition) is 0. The van der Waals surface area contributed by atoms with Crippen molar-refractivity contribution >= 4 is 23.2 Å². The second-order valence-electron chi connectivity index (χ2n) is 11.3. The van der Waals surface area contributed by atoms with Crippen LogP contribution in [0.15, 0.2) is 41.8 Å². The number of unbranched alkanes of at least 4 members (excludes halogenated alkanes) is 8. The molecule has 1 fully saturated rings. The second kappa shape index (κ2) is 16.2. The molecule has 0 radical (unpaired) electrons. The van der Waals surface area contributed by atoms with Crippen LogP contribution < -0.4 is 0 Å². The second-order valence-corrected chi connectivity index (χ2v) is 12.3. The number of rotatable bonds is 14. The van der Waals surface area contributed by atoms with Crippen molar-refractivity contribution in [1.82, 2.24) is 14.7 Å². The predicted molar refractivity (Wildman–Crippen MR) is 162 cm³/mol. The summed E-state index contributed by atoms with van der Waals surface area (Å²) in [4.78, 5) is 34.1. The Labute approximate surface area is 240 Å². The van der Waals surface area contributed by atoms with E-state index in [-0.39, 0.29) is 17.9 Å². The Hall–Kier alpha value is -2.18. The van der Waals surface area contributed by atoms with E-state index in [2.05, 4.69) is 53.6 Å². The number of hydrogen-bond acceptors (Lipinski definition) is 4. The minimum Gasteiger partial charge on any atom is -0.341 e. The summed E-state index contributed by atoms with van der Waals surface area (Å²) in [5.74, 6) is 0.504. The van der Waals surface area contributed by atoms with Gasteiger partial charge in [0.15, 0.2) is 0 Å². The molecule has 0 saturated carbocycles. The molecule has 0 unspecified atom stereocenters. The third-order valence-electron chi connectivity index (χ3n) is 8.49. The van der Waals surface area contributed by atoms with Gasteiger partial charge in [0.25, 0.3) is 0 Å². The van der Waals surface area contributed by atoms with E-state index in [1.54, 1.807) is 0 Å². The van der Waals surface area contributed by atoms with Gasteiger partial charge >= 0.3 is 0 Å². The van der Waals surface area contributed by atoms with Gasteiger partial charge in [-0.25, -0.2) is 0 Å². The van der Waals surface area contributed by atoms with Gasteiger partial charge in [-0.05, 0) is 41.8 Å². The van der Waals surface area contributed by atoms with Crippen LogP contribution in [0.2, 0.25) is 0 Å². The highest BCUT2D eigenvalue weighted by molar-refractivity contribution is 7.10. The first-order chi connectivity index (χ1) is 19.2. The van der Waals surface area contributed by atoms with Crippen molar-refractivity contribution < 1.29 is 9.59 Å². The predicted octanol–water partition coefficient (Wildman–Crippen LogP) is 7.07. The summed E-state index contributed by atoms with van der Waals surface area (Å²) in [6, 6.07) is 13.2. The number of fused-ring (bicyclic) bond motifs is 1. The van der Waals surface area contributed by atoms with Crippen LogP contribution in [0.3, 0.4) is 0 Å². The molecule has 1 saturated heterocycles. The maximum Gasteiger partial charge on any atom is 0.223 e. The average Bonchev–Trinajstić information content (AvgIpc) is 3.30. The van der Waals surface area contributed by atoms with Crippen LogP contribution in [0.1, 0.15) is 106 Å². The lowest BCUT2D eigenvalue weighted by molar-refractivity contribution is -0.133. The van der Waals surface area contributed by atoms with Crippen LogP contribution in [-0.2, 0) is 16.0 Å². The van der Waals surface area contributed by atoms with Crippen LogP contribution in [0.25, 0.3) is 0 Å². The lowest BCUT2D eigenvalue weighted by Gasteiger charge is -2.36. The van der Waals surface area contributed by atoms with Gasteiger partial charge in [-0.1, -0.05) is 88.6 Å². The summed E-state index contributed by atoms with van der Waals surface area (Å²) in [6.45, 7) is 6.90. The fourth-order valence-electron chi connectivity index (χ4n) is 6.19. The fourth-order valence-corrected chi connectivity index (χ4v) is 7.10. The van der Waals surface area contributed by atoms with Crippen molar-refractivity contribution in [3.63, 3.8) is 0 Å². The van der Waals surface area contributed by atoms with Gasteiger partial charge in [-0.3, -0.25) is 14.5 Å².